The number of para-hydroxylation sites is 1. The van der Waals surface area contributed by atoms with Crippen molar-refractivity contribution in [2.24, 2.45) is 13.0 Å². The lowest BCUT2D eigenvalue weighted by Crippen LogP contribution is -2.25. The van der Waals surface area contributed by atoms with Crippen LogP contribution in [0.3, 0.4) is 0 Å². The Hall–Kier alpha value is -3.04. The summed E-state index contributed by atoms with van der Waals surface area (Å²) in [5, 5.41) is 10.5. The van der Waals surface area contributed by atoms with Crippen molar-refractivity contribution in [3.8, 4) is 17.0 Å². The minimum atomic E-state index is -4.55. The molecule has 0 radical (unpaired) electrons. The minimum Gasteiger partial charge on any atom is -0.489 e. The molecule has 1 amide bonds. The van der Waals surface area contributed by atoms with E-state index in [4.69, 9.17) is 16.3 Å². The third-order valence-corrected chi connectivity index (χ3v) is 5.22. The molecule has 0 saturated carbocycles. The predicted octanol–water partition coefficient (Wildman–Crippen LogP) is 5.64. The Bertz CT molecular complexity index is 1130. The number of nitrogens with one attached hydrogen (secondary N) is 2. The fourth-order valence-corrected chi connectivity index (χ4v) is 3.61. The molecule has 2 N–H and O–H groups in total. The number of alkyl halides is 3. The first-order chi connectivity index (χ1) is 16.1. The number of aryl methyl sites for hydroxylation is 1. The Morgan fingerprint density at radius 3 is 2.59 bits per heavy atom. The summed E-state index contributed by atoms with van der Waals surface area (Å²) in [6, 6.07) is 9.35. The SMILES string of the molecule is CC(C)CNCCOc1c(NC(=O)c2cccc(C(F)(F)F)c2)cccc1-c1c(Cl)cnn1C. The van der Waals surface area contributed by atoms with Crippen molar-refractivity contribution in [3.05, 3.63) is 64.8 Å². The fraction of sp³-hybridized carbons (Fsp3) is 0.333. The summed E-state index contributed by atoms with van der Waals surface area (Å²) in [5.74, 6) is 0.129. The second-order valence-corrected chi connectivity index (χ2v) is 8.53. The molecule has 0 saturated heterocycles. The van der Waals surface area contributed by atoms with Crippen molar-refractivity contribution in [2.45, 2.75) is 20.0 Å². The minimum absolute atomic E-state index is 0.122. The number of carbonyl (C=O) groups excluding carboxylic acids is 1. The van der Waals surface area contributed by atoms with Gasteiger partial charge in [-0.1, -0.05) is 37.6 Å². The van der Waals surface area contributed by atoms with Crippen LogP contribution >= 0.6 is 11.6 Å². The number of nitrogens with zero attached hydrogens (tertiary/aromatic N) is 2. The summed E-state index contributed by atoms with van der Waals surface area (Å²) < 4.78 is 46.9. The molecule has 0 aliphatic rings. The first kappa shape index (κ1) is 25.6. The van der Waals surface area contributed by atoms with Gasteiger partial charge >= 0.3 is 6.18 Å². The van der Waals surface area contributed by atoms with Gasteiger partial charge in [-0.3, -0.25) is 9.48 Å². The molecule has 0 atom stereocenters. The maximum Gasteiger partial charge on any atom is 0.416 e. The molecule has 0 bridgehead atoms. The van der Waals surface area contributed by atoms with Gasteiger partial charge in [0.1, 0.15) is 6.61 Å². The van der Waals surface area contributed by atoms with Gasteiger partial charge in [0, 0.05) is 24.7 Å². The van der Waals surface area contributed by atoms with Crippen LogP contribution in [0, 0.1) is 5.92 Å². The number of anilines is 1. The van der Waals surface area contributed by atoms with E-state index in [-0.39, 0.29) is 5.56 Å². The Balaban J connectivity index is 1.92. The molecular weight excluding hydrogens is 469 g/mol. The van der Waals surface area contributed by atoms with Crippen LogP contribution in [0.25, 0.3) is 11.3 Å². The molecule has 34 heavy (non-hydrogen) atoms. The normalized spacial score (nSPS) is 11.6. The highest BCUT2D eigenvalue weighted by molar-refractivity contribution is 6.33. The van der Waals surface area contributed by atoms with Gasteiger partial charge in [-0.15, -0.1) is 0 Å². The number of benzene rings is 2. The van der Waals surface area contributed by atoms with E-state index in [1.807, 2.05) is 0 Å². The van der Waals surface area contributed by atoms with Gasteiger partial charge in [0.05, 0.1) is 28.2 Å². The van der Waals surface area contributed by atoms with Gasteiger partial charge in [0.25, 0.3) is 5.91 Å². The van der Waals surface area contributed by atoms with E-state index in [9.17, 15) is 18.0 Å². The number of amides is 1. The number of carbonyl (C=O) groups is 1. The smallest absolute Gasteiger partial charge is 0.416 e. The summed E-state index contributed by atoms with van der Waals surface area (Å²) in [5.41, 5.74) is 0.463. The van der Waals surface area contributed by atoms with Gasteiger partial charge in [-0.25, -0.2) is 0 Å². The van der Waals surface area contributed by atoms with Gasteiger partial charge < -0.3 is 15.4 Å². The summed E-state index contributed by atoms with van der Waals surface area (Å²) in [7, 11) is 1.73. The fourth-order valence-electron chi connectivity index (χ4n) is 3.34. The Morgan fingerprint density at radius 1 is 1.21 bits per heavy atom. The molecule has 1 heterocycles. The van der Waals surface area contributed by atoms with Gasteiger partial charge in [0.2, 0.25) is 0 Å². The number of hydrogen-bond acceptors (Lipinski definition) is 4. The molecule has 0 aliphatic carbocycles. The van der Waals surface area contributed by atoms with Crippen molar-refractivity contribution in [3.63, 3.8) is 0 Å². The highest BCUT2D eigenvalue weighted by Crippen LogP contribution is 2.39. The van der Waals surface area contributed by atoms with Crippen LogP contribution in [-0.2, 0) is 13.2 Å². The van der Waals surface area contributed by atoms with E-state index in [0.29, 0.717) is 46.8 Å². The first-order valence-electron chi connectivity index (χ1n) is 10.7. The lowest BCUT2D eigenvalue weighted by molar-refractivity contribution is -0.137. The van der Waals surface area contributed by atoms with E-state index < -0.39 is 17.6 Å². The van der Waals surface area contributed by atoms with E-state index in [0.717, 1.165) is 18.7 Å². The van der Waals surface area contributed by atoms with E-state index in [1.165, 1.54) is 18.3 Å². The van der Waals surface area contributed by atoms with Crippen molar-refractivity contribution in [2.75, 3.05) is 25.0 Å². The van der Waals surface area contributed by atoms with E-state index in [1.54, 1.807) is 29.9 Å². The van der Waals surface area contributed by atoms with E-state index in [2.05, 4.69) is 29.6 Å². The summed E-state index contributed by atoms with van der Waals surface area (Å²) in [6.45, 7) is 5.86. The highest BCUT2D eigenvalue weighted by atomic mass is 35.5. The first-order valence-corrected chi connectivity index (χ1v) is 11.1. The van der Waals surface area contributed by atoms with Crippen LogP contribution in [0.5, 0.6) is 5.75 Å². The molecule has 3 aromatic rings. The van der Waals surface area contributed by atoms with Gasteiger partial charge in [-0.05, 0) is 42.8 Å². The molecule has 10 heteroatoms. The average molecular weight is 495 g/mol. The molecule has 2 aromatic carbocycles. The predicted molar refractivity (Wildman–Crippen MR) is 126 cm³/mol. The van der Waals surface area contributed by atoms with E-state index >= 15 is 0 Å². The lowest BCUT2D eigenvalue weighted by Gasteiger charge is -2.18. The molecule has 182 valence electrons. The zero-order valence-electron chi connectivity index (χ0n) is 19.0. The van der Waals surface area contributed by atoms with Crippen molar-refractivity contribution in [1.29, 1.82) is 0 Å². The zero-order valence-corrected chi connectivity index (χ0v) is 19.8. The Kier molecular flexibility index (Phi) is 8.22. The molecule has 3 rings (SSSR count). The third-order valence-electron chi connectivity index (χ3n) is 4.94. The van der Waals surface area contributed by atoms with Crippen LogP contribution in [0.4, 0.5) is 18.9 Å². The summed E-state index contributed by atoms with van der Waals surface area (Å²) in [4.78, 5) is 12.8. The van der Waals surface area contributed by atoms with Crippen LogP contribution < -0.4 is 15.4 Å². The van der Waals surface area contributed by atoms with Crippen LogP contribution in [0.15, 0.2) is 48.7 Å². The second kappa shape index (κ2) is 10.9. The lowest BCUT2D eigenvalue weighted by atomic mass is 10.1. The summed E-state index contributed by atoms with van der Waals surface area (Å²) >= 11 is 6.34. The second-order valence-electron chi connectivity index (χ2n) is 8.13. The van der Waals surface area contributed by atoms with Crippen molar-refractivity contribution >= 4 is 23.2 Å². The molecule has 6 nitrogen and oxygen atoms in total. The number of ether oxygens (including phenoxy) is 1. The highest BCUT2D eigenvalue weighted by Gasteiger charge is 2.31. The third kappa shape index (κ3) is 6.30. The quantitative estimate of drug-likeness (QED) is 0.378. The maximum absolute atomic E-state index is 13.1. The van der Waals surface area contributed by atoms with Crippen LogP contribution in [0.1, 0.15) is 29.8 Å². The zero-order chi connectivity index (χ0) is 24.9. The maximum atomic E-state index is 13.1. The molecule has 0 unspecified atom stereocenters. The Morgan fingerprint density at radius 2 is 1.94 bits per heavy atom. The molecule has 1 aromatic heterocycles. The Labute approximate surface area is 201 Å². The number of aromatic nitrogens is 2. The molecular formula is C24H26ClF3N4O2. The molecule has 0 aliphatic heterocycles. The number of rotatable bonds is 9. The largest absolute Gasteiger partial charge is 0.489 e. The molecule has 0 spiro atoms. The van der Waals surface area contributed by atoms with Crippen LogP contribution in [0.2, 0.25) is 5.02 Å². The van der Waals surface area contributed by atoms with Crippen molar-refractivity contribution < 1.29 is 22.7 Å². The van der Waals surface area contributed by atoms with Gasteiger partial charge in [-0.2, -0.15) is 18.3 Å². The van der Waals surface area contributed by atoms with Crippen LogP contribution in [-0.4, -0.2) is 35.4 Å². The van der Waals surface area contributed by atoms with Crippen molar-refractivity contribution in [1.82, 2.24) is 15.1 Å². The number of hydrogen-bond donors (Lipinski definition) is 2. The average Bonchev–Trinajstić information content (AvgIpc) is 3.11. The standard InChI is InChI=1S/C24H26ClF3N4O2/c1-15(2)13-29-10-11-34-22-18(21-19(25)14-30-32(21)3)8-5-9-20(22)31-23(33)16-6-4-7-17(12-16)24(26,27)28/h4-9,12,14-15,29H,10-11,13H2,1-3H3,(H,31,33). The number of halogens is 4. The van der Waals surface area contributed by atoms with Gasteiger partial charge in [0.15, 0.2) is 5.75 Å². The monoisotopic (exact) mass is 494 g/mol. The molecule has 0 fully saturated rings. The summed E-state index contributed by atoms with van der Waals surface area (Å²) in [6.07, 6.45) is -3.05. The topological polar surface area (TPSA) is 68.2 Å².